The van der Waals surface area contributed by atoms with Crippen LogP contribution in [0.2, 0.25) is 0 Å². The van der Waals surface area contributed by atoms with Gasteiger partial charge in [-0.1, -0.05) is 0 Å². The van der Waals surface area contributed by atoms with Gasteiger partial charge in [-0.25, -0.2) is 13.2 Å². The summed E-state index contributed by atoms with van der Waals surface area (Å²) >= 11 is 0. The fourth-order valence-electron chi connectivity index (χ4n) is 1.67. The normalized spacial score (nSPS) is 16.5. The SMILES string of the molecule is O=C1CCN(c2cc(F)c(F)c(F)c2)C(=O)CN1. The van der Waals surface area contributed by atoms with Crippen molar-refractivity contribution >= 4 is 17.5 Å². The predicted molar refractivity (Wildman–Crippen MR) is 56.3 cm³/mol. The predicted octanol–water partition coefficient (Wildman–Crippen LogP) is 0.957. The summed E-state index contributed by atoms with van der Waals surface area (Å²) in [6.07, 6.45) is 0.0202. The molecule has 0 unspecified atom stereocenters. The van der Waals surface area contributed by atoms with Gasteiger partial charge in [-0.05, 0) is 0 Å². The van der Waals surface area contributed by atoms with Crippen LogP contribution in [0.15, 0.2) is 12.1 Å². The molecule has 0 bridgehead atoms. The number of carbonyl (C=O) groups is 2. The van der Waals surface area contributed by atoms with Crippen LogP contribution in [-0.4, -0.2) is 24.9 Å². The molecule has 1 aliphatic rings. The molecule has 0 aromatic heterocycles. The van der Waals surface area contributed by atoms with Gasteiger partial charge in [-0.2, -0.15) is 0 Å². The first-order chi connectivity index (χ1) is 8.49. The lowest BCUT2D eigenvalue weighted by molar-refractivity contribution is -0.123. The van der Waals surface area contributed by atoms with Gasteiger partial charge in [-0.15, -0.1) is 0 Å². The van der Waals surface area contributed by atoms with E-state index in [0.29, 0.717) is 0 Å². The lowest BCUT2D eigenvalue weighted by Gasteiger charge is -2.20. The third kappa shape index (κ3) is 2.29. The van der Waals surface area contributed by atoms with Crippen molar-refractivity contribution in [3.63, 3.8) is 0 Å². The molecule has 7 heteroatoms. The molecule has 0 aliphatic carbocycles. The highest BCUT2D eigenvalue weighted by atomic mass is 19.2. The first kappa shape index (κ1) is 12.4. The number of benzene rings is 1. The number of amides is 2. The van der Waals surface area contributed by atoms with Crippen LogP contribution in [0, 0.1) is 17.5 Å². The summed E-state index contributed by atoms with van der Waals surface area (Å²) in [6, 6.07) is 1.46. The van der Waals surface area contributed by atoms with E-state index in [1.54, 1.807) is 0 Å². The Morgan fingerprint density at radius 3 is 2.33 bits per heavy atom. The summed E-state index contributed by atoms with van der Waals surface area (Å²) in [4.78, 5) is 23.8. The molecule has 0 radical (unpaired) electrons. The number of rotatable bonds is 1. The van der Waals surface area contributed by atoms with E-state index in [4.69, 9.17) is 0 Å². The molecule has 1 saturated heterocycles. The van der Waals surface area contributed by atoms with Gasteiger partial charge in [0.1, 0.15) is 0 Å². The molecule has 1 N–H and O–H groups in total. The highest BCUT2D eigenvalue weighted by molar-refractivity contribution is 5.98. The van der Waals surface area contributed by atoms with Crippen molar-refractivity contribution in [2.75, 3.05) is 18.0 Å². The topological polar surface area (TPSA) is 49.4 Å². The number of nitrogens with one attached hydrogen (secondary N) is 1. The second-order valence-corrected chi connectivity index (χ2v) is 3.80. The summed E-state index contributed by atoms with van der Waals surface area (Å²) in [7, 11) is 0. The maximum absolute atomic E-state index is 13.1. The Morgan fingerprint density at radius 1 is 1.11 bits per heavy atom. The van der Waals surface area contributed by atoms with Gasteiger partial charge in [0.15, 0.2) is 17.5 Å². The molecule has 1 aromatic rings. The monoisotopic (exact) mass is 258 g/mol. The minimum absolute atomic E-state index is 0.00478. The van der Waals surface area contributed by atoms with Crippen LogP contribution < -0.4 is 10.2 Å². The van der Waals surface area contributed by atoms with Crippen LogP contribution in [0.25, 0.3) is 0 Å². The van der Waals surface area contributed by atoms with Crippen LogP contribution in [0.3, 0.4) is 0 Å². The molecule has 0 spiro atoms. The number of halogens is 3. The Balaban J connectivity index is 2.35. The Bertz CT molecular complexity index is 496. The number of hydrogen-bond donors (Lipinski definition) is 1. The van der Waals surface area contributed by atoms with Crippen molar-refractivity contribution in [1.82, 2.24) is 5.32 Å². The van der Waals surface area contributed by atoms with Crippen molar-refractivity contribution in [2.24, 2.45) is 0 Å². The molecule has 2 rings (SSSR count). The Labute approximate surface area is 100 Å². The fraction of sp³-hybridized carbons (Fsp3) is 0.273. The lowest BCUT2D eigenvalue weighted by Crippen LogP contribution is -2.35. The Kier molecular flexibility index (Phi) is 3.22. The minimum atomic E-state index is -1.59. The van der Waals surface area contributed by atoms with E-state index >= 15 is 0 Å². The smallest absolute Gasteiger partial charge is 0.246 e. The van der Waals surface area contributed by atoms with E-state index < -0.39 is 23.4 Å². The molecule has 2 amide bonds. The van der Waals surface area contributed by atoms with Gasteiger partial charge < -0.3 is 10.2 Å². The summed E-state index contributed by atoms with van der Waals surface area (Å²) in [5.41, 5.74) is -0.104. The average Bonchev–Trinajstić information content (AvgIpc) is 2.48. The van der Waals surface area contributed by atoms with Crippen molar-refractivity contribution in [3.05, 3.63) is 29.6 Å². The highest BCUT2D eigenvalue weighted by Crippen LogP contribution is 2.22. The minimum Gasteiger partial charge on any atom is -0.347 e. The zero-order chi connectivity index (χ0) is 13.3. The van der Waals surface area contributed by atoms with E-state index in [9.17, 15) is 22.8 Å². The maximum atomic E-state index is 13.1. The molecular formula is C11H9F3N2O2. The second-order valence-electron chi connectivity index (χ2n) is 3.80. The van der Waals surface area contributed by atoms with E-state index in [0.717, 1.165) is 17.0 Å². The summed E-state index contributed by atoms with van der Waals surface area (Å²) in [5, 5.41) is 2.34. The highest BCUT2D eigenvalue weighted by Gasteiger charge is 2.23. The molecule has 1 heterocycles. The Morgan fingerprint density at radius 2 is 1.72 bits per heavy atom. The van der Waals surface area contributed by atoms with Crippen molar-refractivity contribution in [3.8, 4) is 0 Å². The van der Waals surface area contributed by atoms with Crippen molar-refractivity contribution in [2.45, 2.75) is 6.42 Å². The molecule has 0 atom stereocenters. The second kappa shape index (κ2) is 4.67. The van der Waals surface area contributed by atoms with Crippen LogP contribution in [-0.2, 0) is 9.59 Å². The van der Waals surface area contributed by atoms with Gasteiger partial charge in [0.05, 0.1) is 6.54 Å². The zero-order valence-corrected chi connectivity index (χ0v) is 9.17. The quantitative estimate of drug-likeness (QED) is 0.763. The molecule has 1 fully saturated rings. The van der Waals surface area contributed by atoms with Crippen molar-refractivity contribution in [1.29, 1.82) is 0 Å². The van der Waals surface area contributed by atoms with Gasteiger partial charge in [0.25, 0.3) is 0 Å². The standard InChI is InChI=1S/C11H9F3N2O2/c12-7-3-6(4-8(13)11(7)14)16-2-1-9(17)15-5-10(16)18/h3-4H,1-2,5H2,(H,15,17). The van der Waals surface area contributed by atoms with Gasteiger partial charge in [0, 0.05) is 30.8 Å². The van der Waals surface area contributed by atoms with E-state index in [1.807, 2.05) is 0 Å². The van der Waals surface area contributed by atoms with Crippen LogP contribution >= 0.6 is 0 Å². The fourth-order valence-corrected chi connectivity index (χ4v) is 1.67. The number of anilines is 1. The summed E-state index contributed by atoms with van der Waals surface area (Å²) in [5.74, 6) is -5.17. The van der Waals surface area contributed by atoms with Crippen molar-refractivity contribution < 1.29 is 22.8 Å². The molecule has 0 saturated carbocycles. The molecule has 4 nitrogen and oxygen atoms in total. The molecular weight excluding hydrogens is 249 g/mol. The zero-order valence-electron chi connectivity index (χ0n) is 9.17. The van der Waals surface area contributed by atoms with E-state index in [2.05, 4.69) is 5.32 Å². The first-order valence-corrected chi connectivity index (χ1v) is 5.20. The van der Waals surface area contributed by atoms with Crippen LogP contribution in [0.1, 0.15) is 6.42 Å². The molecule has 1 aromatic carbocycles. The van der Waals surface area contributed by atoms with E-state index in [1.165, 1.54) is 0 Å². The van der Waals surface area contributed by atoms with Gasteiger partial charge in [0.2, 0.25) is 11.8 Å². The van der Waals surface area contributed by atoms with Crippen LogP contribution in [0.5, 0.6) is 0 Å². The third-order valence-corrected chi connectivity index (χ3v) is 2.58. The number of carbonyl (C=O) groups excluding carboxylic acids is 2. The molecule has 96 valence electrons. The van der Waals surface area contributed by atoms with E-state index in [-0.39, 0.29) is 31.1 Å². The van der Waals surface area contributed by atoms with Crippen LogP contribution in [0.4, 0.5) is 18.9 Å². The summed E-state index contributed by atoms with van der Waals surface area (Å²) < 4.78 is 38.9. The maximum Gasteiger partial charge on any atom is 0.246 e. The Hall–Kier alpha value is -2.05. The molecule has 18 heavy (non-hydrogen) atoms. The first-order valence-electron chi connectivity index (χ1n) is 5.20. The largest absolute Gasteiger partial charge is 0.347 e. The summed E-state index contributed by atoms with van der Waals surface area (Å²) in [6.45, 7) is -0.255. The van der Waals surface area contributed by atoms with Gasteiger partial charge in [-0.3, -0.25) is 9.59 Å². The number of nitrogens with zero attached hydrogens (tertiary/aromatic N) is 1. The molecule has 1 aliphatic heterocycles. The third-order valence-electron chi connectivity index (χ3n) is 2.58. The lowest BCUT2D eigenvalue weighted by atomic mass is 10.2. The number of hydrogen-bond acceptors (Lipinski definition) is 2. The van der Waals surface area contributed by atoms with Gasteiger partial charge >= 0.3 is 0 Å². The average molecular weight is 258 g/mol.